The van der Waals surface area contributed by atoms with Crippen molar-refractivity contribution in [2.75, 3.05) is 20.6 Å². The van der Waals surface area contributed by atoms with Crippen LogP contribution in [0.3, 0.4) is 0 Å². The van der Waals surface area contributed by atoms with Crippen molar-refractivity contribution in [1.82, 2.24) is 4.90 Å². The Balaban J connectivity index is 1.79. The fourth-order valence-electron chi connectivity index (χ4n) is 3.15. The molecule has 0 N–H and O–H groups in total. The first kappa shape index (κ1) is 18.9. The number of para-hydroxylation sites is 1. The maximum atomic E-state index is 13.2. The average molecular weight is 359 g/mol. The van der Waals surface area contributed by atoms with E-state index in [0.717, 1.165) is 12.2 Å². The van der Waals surface area contributed by atoms with Gasteiger partial charge in [-0.05, 0) is 50.3 Å². The molecular weight excluding hydrogens is 334 g/mol. The van der Waals surface area contributed by atoms with E-state index >= 15 is 0 Å². The molecule has 0 heterocycles. The molecule has 0 aliphatic rings. The Morgan fingerprint density at radius 3 is 2.15 bits per heavy atom. The first-order valence-electron chi connectivity index (χ1n) is 9.17. The Bertz CT molecular complexity index is 860. The average Bonchev–Trinajstić information content (AvgIpc) is 2.68. The number of ketones is 1. The van der Waals surface area contributed by atoms with Crippen LogP contribution >= 0.6 is 0 Å². The fourth-order valence-corrected chi connectivity index (χ4v) is 3.15. The zero-order chi connectivity index (χ0) is 19.1. The van der Waals surface area contributed by atoms with Gasteiger partial charge in [0, 0.05) is 18.0 Å². The van der Waals surface area contributed by atoms with E-state index in [4.69, 9.17) is 4.74 Å². The number of Topliss-reactive ketones (excluding diaryl/α,β-unsaturated/α-hetero) is 1. The second-order valence-corrected chi connectivity index (χ2v) is 6.96. The summed E-state index contributed by atoms with van der Waals surface area (Å²) >= 11 is 0. The second-order valence-electron chi connectivity index (χ2n) is 6.96. The van der Waals surface area contributed by atoms with E-state index in [1.54, 1.807) is 0 Å². The molecule has 1 unspecified atom stereocenters. The van der Waals surface area contributed by atoms with Crippen LogP contribution in [0.4, 0.5) is 0 Å². The molecule has 0 bridgehead atoms. The third-order valence-corrected chi connectivity index (χ3v) is 4.38. The third kappa shape index (κ3) is 5.53. The van der Waals surface area contributed by atoms with E-state index in [1.165, 1.54) is 5.56 Å². The fraction of sp³-hybridized carbons (Fsp3) is 0.208. The lowest BCUT2D eigenvalue weighted by Crippen LogP contribution is -2.29. The van der Waals surface area contributed by atoms with Crippen molar-refractivity contribution in [1.29, 1.82) is 0 Å². The molecule has 0 aromatic heterocycles. The second kappa shape index (κ2) is 9.15. The molecule has 27 heavy (non-hydrogen) atoms. The predicted octanol–water partition coefficient (Wildman–Crippen LogP) is 5.08. The standard InChI is InChI=1S/C24H25NO2/c1-25(2)18-21(16-19-10-5-3-6-11-19)24(26)20-12-9-15-23(17-20)27-22-13-7-4-8-14-22/h3-15,17,21H,16,18H2,1-2H3. The van der Waals surface area contributed by atoms with Gasteiger partial charge >= 0.3 is 0 Å². The van der Waals surface area contributed by atoms with Crippen molar-refractivity contribution in [2.45, 2.75) is 6.42 Å². The Morgan fingerprint density at radius 2 is 1.48 bits per heavy atom. The molecule has 3 heteroatoms. The van der Waals surface area contributed by atoms with Crippen molar-refractivity contribution in [3.05, 3.63) is 96.1 Å². The quantitative estimate of drug-likeness (QED) is 0.525. The molecule has 1 atom stereocenters. The normalized spacial score (nSPS) is 12.0. The molecular formula is C24H25NO2. The Labute approximate surface area is 161 Å². The van der Waals surface area contributed by atoms with Gasteiger partial charge in [0.25, 0.3) is 0 Å². The van der Waals surface area contributed by atoms with Crippen LogP contribution in [-0.2, 0) is 6.42 Å². The van der Waals surface area contributed by atoms with E-state index in [0.29, 0.717) is 17.9 Å². The topological polar surface area (TPSA) is 29.5 Å². The first-order chi connectivity index (χ1) is 13.1. The van der Waals surface area contributed by atoms with Gasteiger partial charge in [0.1, 0.15) is 11.5 Å². The van der Waals surface area contributed by atoms with Gasteiger partial charge in [-0.25, -0.2) is 0 Å². The molecule has 0 fully saturated rings. The van der Waals surface area contributed by atoms with E-state index in [-0.39, 0.29) is 11.7 Å². The minimum Gasteiger partial charge on any atom is -0.457 e. The van der Waals surface area contributed by atoms with E-state index in [2.05, 4.69) is 17.0 Å². The smallest absolute Gasteiger partial charge is 0.167 e. The lowest BCUT2D eigenvalue weighted by Gasteiger charge is -2.20. The summed E-state index contributed by atoms with van der Waals surface area (Å²) < 4.78 is 5.89. The van der Waals surface area contributed by atoms with Gasteiger partial charge in [-0.1, -0.05) is 60.7 Å². The molecule has 0 saturated carbocycles. The molecule has 3 aromatic carbocycles. The number of carbonyl (C=O) groups excluding carboxylic acids is 1. The Hall–Kier alpha value is -2.91. The van der Waals surface area contributed by atoms with Crippen LogP contribution in [0.5, 0.6) is 11.5 Å². The zero-order valence-corrected chi connectivity index (χ0v) is 15.8. The van der Waals surface area contributed by atoms with Crippen molar-refractivity contribution < 1.29 is 9.53 Å². The van der Waals surface area contributed by atoms with Gasteiger partial charge in [0.2, 0.25) is 0 Å². The van der Waals surface area contributed by atoms with Gasteiger partial charge < -0.3 is 9.64 Å². The third-order valence-electron chi connectivity index (χ3n) is 4.38. The molecule has 0 spiro atoms. The number of hydrogen-bond donors (Lipinski definition) is 0. The summed E-state index contributed by atoms with van der Waals surface area (Å²) in [5, 5.41) is 0. The SMILES string of the molecule is CN(C)CC(Cc1ccccc1)C(=O)c1cccc(Oc2ccccc2)c1. The molecule has 0 saturated heterocycles. The number of hydrogen-bond acceptors (Lipinski definition) is 3. The highest BCUT2D eigenvalue weighted by Crippen LogP contribution is 2.24. The van der Waals surface area contributed by atoms with Crippen LogP contribution in [0.15, 0.2) is 84.9 Å². The summed E-state index contributed by atoms with van der Waals surface area (Å²) in [5.41, 5.74) is 1.86. The van der Waals surface area contributed by atoms with Crippen LogP contribution in [-0.4, -0.2) is 31.3 Å². The molecule has 3 nitrogen and oxygen atoms in total. The van der Waals surface area contributed by atoms with Crippen LogP contribution < -0.4 is 4.74 Å². The number of rotatable bonds is 8. The number of benzene rings is 3. The largest absolute Gasteiger partial charge is 0.457 e. The highest BCUT2D eigenvalue weighted by atomic mass is 16.5. The number of ether oxygens (including phenoxy) is 1. The molecule has 138 valence electrons. The van der Waals surface area contributed by atoms with E-state index < -0.39 is 0 Å². The highest BCUT2D eigenvalue weighted by molar-refractivity contribution is 5.98. The summed E-state index contributed by atoms with van der Waals surface area (Å²) in [6.07, 6.45) is 0.724. The predicted molar refractivity (Wildman–Crippen MR) is 109 cm³/mol. The summed E-state index contributed by atoms with van der Waals surface area (Å²) in [7, 11) is 4.00. The number of nitrogens with zero attached hydrogens (tertiary/aromatic N) is 1. The minimum absolute atomic E-state index is 0.102. The molecule has 0 radical (unpaired) electrons. The summed E-state index contributed by atoms with van der Waals surface area (Å²) in [6.45, 7) is 0.706. The Morgan fingerprint density at radius 1 is 0.852 bits per heavy atom. The maximum Gasteiger partial charge on any atom is 0.167 e. The summed E-state index contributed by atoms with van der Waals surface area (Å²) in [5.74, 6) is 1.48. The van der Waals surface area contributed by atoms with Crippen molar-refractivity contribution >= 4 is 5.78 Å². The molecule has 0 aliphatic carbocycles. The minimum atomic E-state index is -0.102. The van der Waals surface area contributed by atoms with E-state index in [1.807, 2.05) is 86.9 Å². The van der Waals surface area contributed by atoms with Crippen molar-refractivity contribution in [3.8, 4) is 11.5 Å². The van der Waals surface area contributed by atoms with Gasteiger partial charge in [0.05, 0.1) is 0 Å². The van der Waals surface area contributed by atoms with Crippen LogP contribution in [0.25, 0.3) is 0 Å². The summed E-state index contributed by atoms with van der Waals surface area (Å²) in [4.78, 5) is 15.3. The van der Waals surface area contributed by atoms with Gasteiger partial charge in [-0.3, -0.25) is 4.79 Å². The lowest BCUT2D eigenvalue weighted by atomic mass is 9.91. The molecule has 0 amide bonds. The Kier molecular flexibility index (Phi) is 6.39. The first-order valence-corrected chi connectivity index (χ1v) is 9.17. The number of carbonyl (C=O) groups is 1. The maximum absolute atomic E-state index is 13.2. The molecule has 3 aromatic rings. The summed E-state index contributed by atoms with van der Waals surface area (Å²) in [6, 6.07) is 27.2. The highest BCUT2D eigenvalue weighted by Gasteiger charge is 2.22. The monoisotopic (exact) mass is 359 g/mol. The van der Waals surface area contributed by atoms with Crippen LogP contribution in [0.1, 0.15) is 15.9 Å². The lowest BCUT2D eigenvalue weighted by molar-refractivity contribution is 0.0896. The van der Waals surface area contributed by atoms with Crippen LogP contribution in [0.2, 0.25) is 0 Å². The van der Waals surface area contributed by atoms with Crippen molar-refractivity contribution in [2.24, 2.45) is 5.92 Å². The van der Waals surface area contributed by atoms with E-state index in [9.17, 15) is 4.79 Å². The van der Waals surface area contributed by atoms with Crippen LogP contribution in [0, 0.1) is 5.92 Å². The van der Waals surface area contributed by atoms with Gasteiger partial charge in [0.15, 0.2) is 5.78 Å². The van der Waals surface area contributed by atoms with Gasteiger partial charge in [-0.15, -0.1) is 0 Å². The zero-order valence-electron chi connectivity index (χ0n) is 15.8. The van der Waals surface area contributed by atoms with Crippen molar-refractivity contribution in [3.63, 3.8) is 0 Å². The molecule has 3 rings (SSSR count). The van der Waals surface area contributed by atoms with Gasteiger partial charge in [-0.2, -0.15) is 0 Å². The molecule has 0 aliphatic heterocycles.